The highest BCUT2D eigenvalue weighted by atomic mass is 16.3. The number of hydrogen-bond acceptors (Lipinski definition) is 3. The van der Waals surface area contributed by atoms with Crippen LogP contribution < -0.4 is 5.32 Å². The van der Waals surface area contributed by atoms with Crippen molar-refractivity contribution in [3.05, 3.63) is 24.2 Å². The average Bonchev–Trinajstić information content (AvgIpc) is 2.85. The number of nitrogens with one attached hydrogen (secondary N) is 1. The van der Waals surface area contributed by atoms with Gasteiger partial charge in [-0.05, 0) is 57.5 Å². The summed E-state index contributed by atoms with van der Waals surface area (Å²) in [5.74, 6) is 1.91. The van der Waals surface area contributed by atoms with Crippen LogP contribution in [0.25, 0.3) is 0 Å². The van der Waals surface area contributed by atoms with Gasteiger partial charge < -0.3 is 9.73 Å². The van der Waals surface area contributed by atoms with Crippen LogP contribution in [0, 0.1) is 5.92 Å². The minimum atomic E-state index is 0.463. The minimum absolute atomic E-state index is 0.463. The van der Waals surface area contributed by atoms with E-state index in [1.807, 2.05) is 13.1 Å². The Hall–Kier alpha value is -0.800. The Balaban J connectivity index is 1.99. The lowest BCUT2D eigenvalue weighted by molar-refractivity contribution is 0.106. The quantitative estimate of drug-likeness (QED) is 0.852. The zero-order valence-electron chi connectivity index (χ0n) is 11.0. The fourth-order valence-corrected chi connectivity index (χ4v) is 2.96. The second-order valence-corrected chi connectivity index (χ2v) is 5.00. The van der Waals surface area contributed by atoms with Gasteiger partial charge in [0.05, 0.1) is 12.3 Å². The third-order valence-electron chi connectivity index (χ3n) is 3.74. The van der Waals surface area contributed by atoms with E-state index in [0.717, 1.165) is 24.6 Å². The molecule has 1 fully saturated rings. The summed E-state index contributed by atoms with van der Waals surface area (Å²) in [6, 6.07) is 4.56. The Bertz CT molecular complexity index is 308. The van der Waals surface area contributed by atoms with Crippen LogP contribution in [-0.2, 0) is 0 Å². The topological polar surface area (TPSA) is 28.4 Å². The Morgan fingerprint density at radius 3 is 3.12 bits per heavy atom. The highest BCUT2D eigenvalue weighted by Gasteiger charge is 2.26. The number of rotatable bonds is 5. The van der Waals surface area contributed by atoms with Gasteiger partial charge in [0.2, 0.25) is 0 Å². The molecular formula is C14H24N2O. The predicted molar refractivity (Wildman–Crippen MR) is 70.0 cm³/mol. The Kier molecular flexibility index (Phi) is 4.63. The molecule has 1 aliphatic heterocycles. The third-order valence-corrected chi connectivity index (χ3v) is 3.74. The van der Waals surface area contributed by atoms with Crippen molar-refractivity contribution in [2.75, 3.05) is 26.7 Å². The number of piperidine rings is 1. The van der Waals surface area contributed by atoms with Crippen LogP contribution >= 0.6 is 0 Å². The molecule has 2 rings (SSSR count). The molecular weight excluding hydrogens is 212 g/mol. The number of hydrogen-bond donors (Lipinski definition) is 1. The summed E-state index contributed by atoms with van der Waals surface area (Å²) in [6.07, 6.45) is 5.57. The average molecular weight is 236 g/mol. The van der Waals surface area contributed by atoms with Gasteiger partial charge in [0, 0.05) is 6.54 Å². The molecule has 0 saturated carbocycles. The van der Waals surface area contributed by atoms with E-state index in [0.29, 0.717) is 6.04 Å². The first kappa shape index (κ1) is 12.7. The molecule has 0 aliphatic carbocycles. The summed E-state index contributed by atoms with van der Waals surface area (Å²) < 4.78 is 5.58. The largest absolute Gasteiger partial charge is 0.468 e. The van der Waals surface area contributed by atoms with Crippen molar-refractivity contribution in [2.45, 2.75) is 32.2 Å². The lowest BCUT2D eigenvalue weighted by atomic mass is 9.95. The second kappa shape index (κ2) is 6.22. The van der Waals surface area contributed by atoms with Crippen molar-refractivity contribution in [1.29, 1.82) is 0 Å². The molecule has 96 valence electrons. The van der Waals surface area contributed by atoms with Gasteiger partial charge >= 0.3 is 0 Å². The summed E-state index contributed by atoms with van der Waals surface area (Å²) in [4.78, 5) is 2.59. The van der Waals surface area contributed by atoms with Crippen molar-refractivity contribution in [2.24, 2.45) is 5.92 Å². The Morgan fingerprint density at radius 2 is 2.47 bits per heavy atom. The van der Waals surface area contributed by atoms with E-state index in [4.69, 9.17) is 4.42 Å². The molecule has 0 aromatic carbocycles. The number of furan rings is 1. The van der Waals surface area contributed by atoms with Crippen molar-refractivity contribution >= 4 is 0 Å². The highest BCUT2D eigenvalue weighted by Crippen LogP contribution is 2.29. The van der Waals surface area contributed by atoms with Gasteiger partial charge in [-0.15, -0.1) is 0 Å². The monoisotopic (exact) mass is 236 g/mol. The minimum Gasteiger partial charge on any atom is -0.468 e. The van der Waals surface area contributed by atoms with Crippen LogP contribution in [-0.4, -0.2) is 31.6 Å². The van der Waals surface area contributed by atoms with Crippen LogP contribution in [0.2, 0.25) is 0 Å². The van der Waals surface area contributed by atoms with Gasteiger partial charge in [0.1, 0.15) is 5.76 Å². The number of nitrogens with zero attached hydrogens (tertiary/aromatic N) is 1. The first-order valence-corrected chi connectivity index (χ1v) is 6.77. The van der Waals surface area contributed by atoms with E-state index in [9.17, 15) is 0 Å². The van der Waals surface area contributed by atoms with Crippen molar-refractivity contribution in [1.82, 2.24) is 10.2 Å². The first-order valence-electron chi connectivity index (χ1n) is 6.77. The normalized spacial score (nSPS) is 23.8. The van der Waals surface area contributed by atoms with Gasteiger partial charge in [-0.1, -0.05) is 6.92 Å². The molecule has 1 aromatic rings. The molecule has 1 saturated heterocycles. The summed E-state index contributed by atoms with van der Waals surface area (Å²) in [5.41, 5.74) is 0. The van der Waals surface area contributed by atoms with Crippen molar-refractivity contribution in [3.8, 4) is 0 Å². The Morgan fingerprint density at radius 1 is 1.59 bits per heavy atom. The molecule has 3 heteroatoms. The summed E-state index contributed by atoms with van der Waals surface area (Å²) >= 11 is 0. The van der Waals surface area contributed by atoms with Crippen LogP contribution in [0.3, 0.4) is 0 Å². The van der Waals surface area contributed by atoms with E-state index >= 15 is 0 Å². The van der Waals surface area contributed by atoms with Crippen LogP contribution in [0.15, 0.2) is 22.8 Å². The summed E-state index contributed by atoms with van der Waals surface area (Å²) in [7, 11) is 2.04. The van der Waals surface area contributed by atoms with Gasteiger partial charge in [-0.25, -0.2) is 0 Å². The Labute approximate surface area is 104 Å². The molecule has 2 atom stereocenters. The molecule has 0 spiro atoms. The molecule has 3 nitrogen and oxygen atoms in total. The maximum atomic E-state index is 5.58. The summed E-state index contributed by atoms with van der Waals surface area (Å²) in [6.45, 7) is 5.78. The SMILES string of the molecule is CCC(c1ccco1)N1CCCC(CNC)C1. The maximum absolute atomic E-state index is 5.58. The highest BCUT2D eigenvalue weighted by molar-refractivity contribution is 5.05. The van der Waals surface area contributed by atoms with E-state index in [2.05, 4.69) is 23.2 Å². The predicted octanol–water partition coefficient (Wildman–Crippen LogP) is 2.66. The lowest BCUT2D eigenvalue weighted by Crippen LogP contribution is -2.40. The van der Waals surface area contributed by atoms with Crippen LogP contribution in [0.1, 0.15) is 38.0 Å². The van der Waals surface area contributed by atoms with Crippen LogP contribution in [0.5, 0.6) is 0 Å². The van der Waals surface area contributed by atoms with E-state index in [1.54, 1.807) is 6.26 Å². The molecule has 17 heavy (non-hydrogen) atoms. The van der Waals surface area contributed by atoms with E-state index in [1.165, 1.54) is 25.9 Å². The molecule has 1 aliphatic rings. The number of likely N-dealkylation sites (tertiary alicyclic amines) is 1. The van der Waals surface area contributed by atoms with Gasteiger partial charge in [0.25, 0.3) is 0 Å². The zero-order valence-corrected chi connectivity index (χ0v) is 11.0. The summed E-state index contributed by atoms with van der Waals surface area (Å²) in [5, 5.41) is 3.30. The lowest BCUT2D eigenvalue weighted by Gasteiger charge is -2.37. The molecule has 0 bridgehead atoms. The fourth-order valence-electron chi connectivity index (χ4n) is 2.96. The molecule has 0 radical (unpaired) electrons. The van der Waals surface area contributed by atoms with Crippen LogP contribution in [0.4, 0.5) is 0 Å². The van der Waals surface area contributed by atoms with E-state index < -0.39 is 0 Å². The second-order valence-electron chi connectivity index (χ2n) is 5.00. The standard InChI is InChI=1S/C14H24N2O/c1-3-13(14-7-5-9-17-14)16-8-4-6-12(11-16)10-15-2/h5,7,9,12-13,15H,3-4,6,8,10-11H2,1-2H3. The van der Waals surface area contributed by atoms with E-state index in [-0.39, 0.29) is 0 Å². The molecule has 1 N–H and O–H groups in total. The van der Waals surface area contributed by atoms with Crippen molar-refractivity contribution in [3.63, 3.8) is 0 Å². The maximum Gasteiger partial charge on any atom is 0.120 e. The molecule has 2 heterocycles. The third kappa shape index (κ3) is 3.11. The first-order chi connectivity index (χ1) is 8.35. The smallest absolute Gasteiger partial charge is 0.120 e. The van der Waals surface area contributed by atoms with Gasteiger partial charge in [0.15, 0.2) is 0 Å². The fraction of sp³-hybridized carbons (Fsp3) is 0.714. The molecule has 0 amide bonds. The molecule has 2 unspecified atom stereocenters. The molecule has 1 aromatic heterocycles. The zero-order chi connectivity index (χ0) is 12.1. The van der Waals surface area contributed by atoms with Crippen molar-refractivity contribution < 1.29 is 4.42 Å². The van der Waals surface area contributed by atoms with Gasteiger partial charge in [-0.3, -0.25) is 4.90 Å². The van der Waals surface area contributed by atoms with Gasteiger partial charge in [-0.2, -0.15) is 0 Å².